The molecule has 5 rings (SSSR count). The second-order valence-corrected chi connectivity index (χ2v) is 15.5. The SMILES string of the molecule is COC(=O)[C@@]1(C)[C@H](Br)C(=O)C[C@@]2(C)[C@H]1CC[C@]1(C)[C@@H]2C(=O)C=C2[C@@H]3[C@@H](C)[C@H](C)CC[C@]3(C)CC[C@]21C. The zero-order valence-electron chi connectivity index (χ0n) is 23.5. The molecule has 0 aromatic heterocycles. The van der Waals surface area contributed by atoms with Crippen molar-refractivity contribution in [1.29, 1.82) is 0 Å². The molecule has 5 aliphatic carbocycles. The fraction of sp³-hybridized carbons (Fsp3) is 0.839. The molecule has 0 spiro atoms. The molecule has 36 heavy (non-hydrogen) atoms. The van der Waals surface area contributed by atoms with Crippen molar-refractivity contribution in [2.45, 2.75) is 98.2 Å². The Morgan fingerprint density at radius 2 is 1.67 bits per heavy atom. The van der Waals surface area contributed by atoms with E-state index in [1.165, 1.54) is 31.9 Å². The van der Waals surface area contributed by atoms with E-state index in [0.717, 1.165) is 19.3 Å². The van der Waals surface area contributed by atoms with E-state index in [4.69, 9.17) is 4.74 Å². The molecule has 0 aromatic carbocycles. The predicted molar refractivity (Wildman–Crippen MR) is 144 cm³/mol. The highest BCUT2D eigenvalue weighted by Gasteiger charge is 2.73. The Morgan fingerprint density at radius 1 is 1.00 bits per heavy atom. The van der Waals surface area contributed by atoms with Gasteiger partial charge in [-0.2, -0.15) is 0 Å². The Hall–Kier alpha value is -0.970. The Morgan fingerprint density at radius 3 is 2.31 bits per heavy atom. The molecule has 5 heteroatoms. The van der Waals surface area contributed by atoms with Crippen LogP contribution in [0.4, 0.5) is 0 Å². The number of ether oxygens (including phenoxy) is 1. The van der Waals surface area contributed by atoms with Crippen molar-refractivity contribution in [3.63, 3.8) is 0 Å². The lowest BCUT2D eigenvalue weighted by Gasteiger charge is -2.70. The van der Waals surface area contributed by atoms with Gasteiger partial charge in [0.05, 0.1) is 17.4 Å². The Balaban J connectivity index is 1.67. The van der Waals surface area contributed by atoms with Crippen LogP contribution in [-0.4, -0.2) is 29.5 Å². The van der Waals surface area contributed by atoms with Crippen LogP contribution < -0.4 is 0 Å². The first-order valence-electron chi connectivity index (χ1n) is 14.1. The van der Waals surface area contributed by atoms with E-state index in [-0.39, 0.29) is 45.6 Å². The van der Waals surface area contributed by atoms with Crippen LogP contribution in [0.5, 0.6) is 0 Å². The summed E-state index contributed by atoms with van der Waals surface area (Å²) in [6.07, 6.45) is 8.91. The second kappa shape index (κ2) is 8.02. The van der Waals surface area contributed by atoms with E-state index < -0.39 is 15.7 Å². The minimum Gasteiger partial charge on any atom is -0.469 e. The average molecular weight is 562 g/mol. The number of carbonyl (C=O) groups excluding carboxylic acids is 3. The third-order valence-corrected chi connectivity index (χ3v) is 14.6. The molecule has 0 N–H and O–H groups in total. The van der Waals surface area contributed by atoms with Gasteiger partial charge in [-0.25, -0.2) is 0 Å². The van der Waals surface area contributed by atoms with Crippen LogP contribution in [0, 0.1) is 56.7 Å². The summed E-state index contributed by atoms with van der Waals surface area (Å²) in [6, 6.07) is 0. The number of esters is 1. The zero-order valence-corrected chi connectivity index (χ0v) is 25.1. The summed E-state index contributed by atoms with van der Waals surface area (Å²) in [5.74, 6) is 1.15. The lowest BCUT2D eigenvalue weighted by Crippen LogP contribution is -2.69. The van der Waals surface area contributed by atoms with Crippen molar-refractivity contribution in [3.05, 3.63) is 11.6 Å². The Labute approximate surface area is 225 Å². The van der Waals surface area contributed by atoms with Crippen molar-refractivity contribution in [2.75, 3.05) is 7.11 Å². The Bertz CT molecular complexity index is 1050. The summed E-state index contributed by atoms with van der Waals surface area (Å²) in [7, 11) is 1.41. The van der Waals surface area contributed by atoms with Gasteiger partial charge >= 0.3 is 5.97 Å². The number of fused-ring (bicyclic) bond motifs is 7. The van der Waals surface area contributed by atoms with Crippen molar-refractivity contribution >= 4 is 33.5 Å². The van der Waals surface area contributed by atoms with Crippen molar-refractivity contribution in [1.82, 2.24) is 0 Å². The lowest BCUT2D eigenvalue weighted by atomic mass is 9.33. The van der Waals surface area contributed by atoms with Crippen LogP contribution in [-0.2, 0) is 19.1 Å². The van der Waals surface area contributed by atoms with E-state index in [1.807, 2.05) is 6.92 Å². The van der Waals surface area contributed by atoms with E-state index in [2.05, 4.69) is 63.5 Å². The van der Waals surface area contributed by atoms with Gasteiger partial charge in [-0.3, -0.25) is 14.4 Å². The second-order valence-electron chi connectivity index (χ2n) is 14.6. The molecule has 0 aliphatic heterocycles. The summed E-state index contributed by atoms with van der Waals surface area (Å²) in [5.41, 5.74) is -0.217. The highest BCUT2D eigenvalue weighted by atomic mass is 79.9. The van der Waals surface area contributed by atoms with Gasteiger partial charge in [0.2, 0.25) is 0 Å². The lowest BCUT2D eigenvalue weighted by molar-refractivity contribution is -0.197. The van der Waals surface area contributed by atoms with Gasteiger partial charge in [0.15, 0.2) is 5.78 Å². The van der Waals surface area contributed by atoms with Crippen LogP contribution in [0.3, 0.4) is 0 Å². The van der Waals surface area contributed by atoms with E-state index in [1.54, 1.807) is 0 Å². The molecule has 4 nitrogen and oxygen atoms in total. The fourth-order valence-electron chi connectivity index (χ4n) is 10.7. The highest BCUT2D eigenvalue weighted by molar-refractivity contribution is 9.10. The number of hydrogen-bond donors (Lipinski definition) is 0. The van der Waals surface area contributed by atoms with Gasteiger partial charge in [0.25, 0.3) is 0 Å². The van der Waals surface area contributed by atoms with Crippen LogP contribution in [0.25, 0.3) is 0 Å². The van der Waals surface area contributed by atoms with Crippen LogP contribution >= 0.6 is 15.9 Å². The smallest absolute Gasteiger partial charge is 0.313 e. The molecule has 5 aliphatic rings. The minimum atomic E-state index is -0.982. The first-order valence-corrected chi connectivity index (χ1v) is 15.0. The molecule has 4 fully saturated rings. The van der Waals surface area contributed by atoms with E-state index >= 15 is 0 Å². The molecule has 0 saturated heterocycles. The molecular formula is C31H45BrO4. The average Bonchev–Trinajstić information content (AvgIpc) is 2.81. The van der Waals surface area contributed by atoms with Gasteiger partial charge in [-0.05, 0) is 96.9 Å². The predicted octanol–water partition coefficient (Wildman–Crippen LogP) is 6.94. The number of ketones is 2. The van der Waals surface area contributed by atoms with Crippen LogP contribution in [0.2, 0.25) is 0 Å². The summed E-state index contributed by atoms with van der Waals surface area (Å²) in [6.45, 7) is 16.1. The normalized spacial score (nSPS) is 54.4. The molecule has 0 heterocycles. The quantitative estimate of drug-likeness (QED) is 0.257. The maximum Gasteiger partial charge on any atom is 0.313 e. The van der Waals surface area contributed by atoms with Crippen molar-refractivity contribution in [2.24, 2.45) is 56.7 Å². The van der Waals surface area contributed by atoms with Crippen LogP contribution in [0.1, 0.15) is 93.4 Å². The Kier molecular flexibility index (Phi) is 5.93. The number of Topliss-reactive ketones (excluding diaryl/α,β-unsaturated/α-hetero) is 1. The van der Waals surface area contributed by atoms with E-state index in [0.29, 0.717) is 24.2 Å². The first kappa shape index (κ1) is 26.6. The number of carbonyl (C=O) groups is 3. The van der Waals surface area contributed by atoms with Crippen LogP contribution in [0.15, 0.2) is 11.6 Å². The summed E-state index contributed by atoms with van der Waals surface area (Å²) < 4.78 is 5.27. The van der Waals surface area contributed by atoms with E-state index in [9.17, 15) is 14.4 Å². The van der Waals surface area contributed by atoms with Crippen molar-refractivity contribution < 1.29 is 19.1 Å². The number of rotatable bonds is 1. The number of halogens is 1. The summed E-state index contributed by atoms with van der Waals surface area (Å²) in [4.78, 5) is 40.5. The largest absolute Gasteiger partial charge is 0.469 e. The first-order chi connectivity index (χ1) is 16.6. The van der Waals surface area contributed by atoms with Gasteiger partial charge in [-0.15, -0.1) is 0 Å². The molecule has 0 bridgehead atoms. The zero-order chi connectivity index (χ0) is 26.6. The standard InChI is InChI=1S/C31H45BrO4/c1-17-9-11-27(3)13-14-29(5)19(23(27)18(17)2)15-20(33)24-28(4)16-21(34)25(32)31(7,26(35)36-8)22(28)10-12-30(24,29)6/h15,17-18,22-25H,9-14,16H2,1-8H3/t17-,18+,22-,23+,24-,25-,27-,28+,29-,30-,31-/m1/s1. The number of allylic oxidation sites excluding steroid dienone is 2. The van der Waals surface area contributed by atoms with Gasteiger partial charge < -0.3 is 4.74 Å². The minimum absolute atomic E-state index is 0.0181. The third kappa shape index (κ3) is 3.01. The maximum absolute atomic E-state index is 14.4. The number of methoxy groups -OCH3 is 1. The molecule has 0 amide bonds. The molecule has 200 valence electrons. The third-order valence-electron chi connectivity index (χ3n) is 13.1. The van der Waals surface area contributed by atoms with Gasteiger partial charge in [-0.1, -0.05) is 63.0 Å². The van der Waals surface area contributed by atoms with Gasteiger partial charge in [0.1, 0.15) is 5.78 Å². The highest BCUT2D eigenvalue weighted by Crippen LogP contribution is 2.75. The molecule has 11 atom stereocenters. The topological polar surface area (TPSA) is 60.4 Å². The molecule has 4 saturated carbocycles. The fourth-order valence-corrected chi connectivity index (χ4v) is 11.4. The maximum atomic E-state index is 14.4. The number of hydrogen-bond acceptors (Lipinski definition) is 4. The van der Waals surface area contributed by atoms with Crippen molar-refractivity contribution in [3.8, 4) is 0 Å². The monoisotopic (exact) mass is 560 g/mol. The summed E-state index contributed by atoms with van der Waals surface area (Å²) >= 11 is 3.60. The number of alkyl halides is 1. The molecule has 0 radical (unpaired) electrons. The summed E-state index contributed by atoms with van der Waals surface area (Å²) in [5, 5.41) is 0. The molecule has 0 unspecified atom stereocenters. The molecule has 0 aromatic rings. The van der Waals surface area contributed by atoms with Gasteiger partial charge in [0, 0.05) is 12.3 Å². The molecular weight excluding hydrogens is 516 g/mol.